The number of aliphatic carboxylic acids is 1. The fraction of sp³-hybridized carbons (Fsp3) is 0.562. The Labute approximate surface area is 127 Å². The van der Waals surface area contributed by atoms with Crippen LogP contribution in [-0.2, 0) is 4.79 Å². The average molecular weight is 316 g/mol. The molecule has 1 saturated carbocycles. The first kappa shape index (κ1) is 18.0. The van der Waals surface area contributed by atoms with Crippen LogP contribution in [0.4, 0.5) is 8.78 Å². The fourth-order valence-electron chi connectivity index (χ4n) is 2.65. The predicted octanol–water partition coefficient (Wildman–Crippen LogP) is 4.83. The standard InChI is InChI=1S/C14H17F2O2P.C2H6/c1-9-2-4-10(5-3-9)11(8-12(17)18)13(6-7-13)14(15,16)19;1-2/h2-5,11H,6-8,19H2,1H3,(H,17,18);1-2H3. The number of hydrogen-bond donors (Lipinski definition) is 1. The average Bonchev–Trinajstić information content (AvgIpc) is 3.20. The van der Waals surface area contributed by atoms with Crippen LogP contribution >= 0.6 is 9.24 Å². The van der Waals surface area contributed by atoms with Gasteiger partial charge in [0, 0.05) is 11.3 Å². The highest BCUT2D eigenvalue weighted by Crippen LogP contribution is 2.67. The van der Waals surface area contributed by atoms with E-state index in [0.717, 1.165) is 5.56 Å². The first-order valence-electron chi connectivity index (χ1n) is 7.21. The van der Waals surface area contributed by atoms with Crippen molar-refractivity contribution in [2.24, 2.45) is 5.41 Å². The Morgan fingerprint density at radius 2 is 1.81 bits per heavy atom. The summed E-state index contributed by atoms with van der Waals surface area (Å²) < 4.78 is 27.6. The van der Waals surface area contributed by atoms with Crippen LogP contribution in [0, 0.1) is 12.3 Å². The molecule has 2 rings (SSSR count). The first-order valence-corrected chi connectivity index (χ1v) is 7.79. The van der Waals surface area contributed by atoms with Crippen molar-refractivity contribution < 1.29 is 18.7 Å². The Kier molecular flexibility index (Phi) is 5.86. The largest absolute Gasteiger partial charge is 0.481 e. The molecule has 0 saturated heterocycles. The Hall–Kier alpha value is -1.02. The topological polar surface area (TPSA) is 37.3 Å². The smallest absolute Gasteiger partial charge is 0.303 e. The molecule has 1 aromatic rings. The van der Waals surface area contributed by atoms with Gasteiger partial charge in [0.15, 0.2) is 0 Å². The number of carbonyl (C=O) groups is 1. The molecular formula is C16H23F2O2P. The maximum Gasteiger partial charge on any atom is 0.303 e. The van der Waals surface area contributed by atoms with Crippen molar-refractivity contribution in [3.63, 3.8) is 0 Å². The molecule has 0 bridgehead atoms. The lowest BCUT2D eigenvalue weighted by Crippen LogP contribution is -2.31. The molecule has 2 unspecified atom stereocenters. The van der Waals surface area contributed by atoms with Gasteiger partial charge in [-0.25, -0.2) is 8.78 Å². The van der Waals surface area contributed by atoms with Gasteiger partial charge >= 0.3 is 5.97 Å². The Morgan fingerprint density at radius 3 is 2.14 bits per heavy atom. The summed E-state index contributed by atoms with van der Waals surface area (Å²) >= 11 is 0. The summed E-state index contributed by atoms with van der Waals surface area (Å²) in [4.78, 5) is 11.0. The van der Waals surface area contributed by atoms with Crippen LogP contribution in [0.2, 0.25) is 0 Å². The Morgan fingerprint density at radius 1 is 1.33 bits per heavy atom. The number of rotatable bonds is 5. The van der Waals surface area contributed by atoms with E-state index in [9.17, 15) is 13.6 Å². The first-order chi connectivity index (χ1) is 9.76. The number of hydrogen-bond acceptors (Lipinski definition) is 1. The summed E-state index contributed by atoms with van der Waals surface area (Å²) in [6, 6.07) is 7.20. The quantitative estimate of drug-likeness (QED) is 0.790. The molecule has 0 aromatic heterocycles. The number of carboxylic acids is 1. The minimum atomic E-state index is -2.93. The molecule has 118 valence electrons. The minimum Gasteiger partial charge on any atom is -0.481 e. The second-order valence-electron chi connectivity index (χ2n) is 5.34. The van der Waals surface area contributed by atoms with Crippen molar-refractivity contribution in [1.29, 1.82) is 0 Å². The predicted molar refractivity (Wildman–Crippen MR) is 83.8 cm³/mol. The molecule has 0 radical (unpaired) electrons. The third-order valence-corrected chi connectivity index (χ3v) is 4.55. The molecule has 21 heavy (non-hydrogen) atoms. The maximum atomic E-state index is 13.8. The minimum absolute atomic E-state index is 0.257. The molecule has 5 heteroatoms. The van der Waals surface area contributed by atoms with Crippen molar-refractivity contribution in [2.75, 3.05) is 0 Å². The summed E-state index contributed by atoms with van der Waals surface area (Å²) in [6.45, 7) is 5.91. The van der Waals surface area contributed by atoms with Gasteiger partial charge in [-0.15, -0.1) is 0 Å². The fourth-order valence-corrected chi connectivity index (χ4v) is 3.14. The molecule has 2 atom stereocenters. The zero-order chi connectivity index (χ0) is 16.3. The summed E-state index contributed by atoms with van der Waals surface area (Å²) in [5.41, 5.74) is -2.43. The number of carboxylic acid groups (broad SMARTS) is 1. The molecule has 1 aliphatic rings. The van der Waals surface area contributed by atoms with Gasteiger partial charge in [-0.2, -0.15) is 0 Å². The van der Waals surface area contributed by atoms with Crippen molar-refractivity contribution in [3.05, 3.63) is 35.4 Å². The van der Waals surface area contributed by atoms with Gasteiger partial charge in [0.2, 0.25) is 0 Å². The molecule has 2 nitrogen and oxygen atoms in total. The summed E-state index contributed by atoms with van der Waals surface area (Å²) in [6.07, 6.45) is 0.484. The van der Waals surface area contributed by atoms with Crippen molar-refractivity contribution in [1.82, 2.24) is 0 Å². The van der Waals surface area contributed by atoms with E-state index in [-0.39, 0.29) is 6.42 Å². The van der Waals surface area contributed by atoms with Crippen LogP contribution < -0.4 is 0 Å². The number of alkyl halides is 2. The zero-order valence-corrected chi connectivity index (χ0v) is 13.9. The molecule has 0 aliphatic heterocycles. The Balaban J connectivity index is 0.00000106. The van der Waals surface area contributed by atoms with Gasteiger partial charge in [-0.3, -0.25) is 4.79 Å². The van der Waals surface area contributed by atoms with E-state index in [1.54, 1.807) is 21.4 Å². The van der Waals surface area contributed by atoms with Crippen molar-refractivity contribution in [2.45, 2.75) is 51.6 Å². The highest BCUT2D eigenvalue weighted by molar-refractivity contribution is 7.18. The molecular weight excluding hydrogens is 293 g/mol. The highest BCUT2D eigenvalue weighted by atomic mass is 31.0. The normalized spacial score (nSPS) is 17.4. The van der Waals surface area contributed by atoms with E-state index in [1.807, 2.05) is 32.9 Å². The number of halogens is 2. The number of aryl methyl sites for hydroxylation is 1. The van der Waals surface area contributed by atoms with Gasteiger partial charge in [0.25, 0.3) is 5.66 Å². The molecule has 1 aromatic carbocycles. The monoisotopic (exact) mass is 316 g/mol. The molecule has 1 aliphatic carbocycles. The van der Waals surface area contributed by atoms with Crippen LogP contribution in [0.15, 0.2) is 24.3 Å². The second-order valence-corrected chi connectivity index (χ2v) is 6.07. The Bertz CT molecular complexity index is 476. The third-order valence-electron chi connectivity index (χ3n) is 3.98. The van der Waals surface area contributed by atoms with Gasteiger partial charge in [0.05, 0.1) is 6.42 Å². The summed E-state index contributed by atoms with van der Waals surface area (Å²) in [5.74, 6) is -1.68. The molecule has 0 heterocycles. The number of benzene rings is 1. The van der Waals surface area contributed by atoms with Gasteiger partial charge in [-0.05, 0) is 25.3 Å². The second kappa shape index (κ2) is 6.83. The summed E-state index contributed by atoms with van der Waals surface area (Å²) in [5, 5.41) is 9.00. The van der Waals surface area contributed by atoms with E-state index in [0.29, 0.717) is 18.4 Å². The molecule has 0 amide bonds. The van der Waals surface area contributed by atoms with Crippen molar-refractivity contribution in [3.8, 4) is 0 Å². The maximum absolute atomic E-state index is 13.8. The summed E-state index contributed by atoms with van der Waals surface area (Å²) in [7, 11) is 1.59. The zero-order valence-electron chi connectivity index (χ0n) is 12.7. The van der Waals surface area contributed by atoms with Crippen LogP contribution in [0.25, 0.3) is 0 Å². The van der Waals surface area contributed by atoms with Crippen LogP contribution in [-0.4, -0.2) is 16.7 Å². The van der Waals surface area contributed by atoms with Crippen LogP contribution in [0.5, 0.6) is 0 Å². The molecule has 1 N–H and O–H groups in total. The van der Waals surface area contributed by atoms with E-state index >= 15 is 0 Å². The lowest BCUT2D eigenvalue weighted by molar-refractivity contribution is -0.138. The van der Waals surface area contributed by atoms with Crippen LogP contribution in [0.1, 0.15) is 50.2 Å². The van der Waals surface area contributed by atoms with Crippen molar-refractivity contribution >= 4 is 15.2 Å². The van der Waals surface area contributed by atoms with Crippen LogP contribution in [0.3, 0.4) is 0 Å². The molecule has 1 fully saturated rings. The molecule has 0 spiro atoms. The highest BCUT2D eigenvalue weighted by Gasteiger charge is 2.63. The van der Waals surface area contributed by atoms with E-state index < -0.39 is 23.0 Å². The van der Waals surface area contributed by atoms with E-state index in [2.05, 4.69) is 0 Å². The van der Waals surface area contributed by atoms with E-state index in [4.69, 9.17) is 5.11 Å². The van der Waals surface area contributed by atoms with Gasteiger partial charge in [-0.1, -0.05) is 52.9 Å². The lowest BCUT2D eigenvalue weighted by atomic mass is 9.80. The van der Waals surface area contributed by atoms with E-state index in [1.165, 1.54) is 0 Å². The van der Waals surface area contributed by atoms with Gasteiger partial charge in [0.1, 0.15) is 0 Å². The lowest BCUT2D eigenvalue weighted by Gasteiger charge is -2.31. The SMILES string of the molecule is CC.Cc1ccc(C(CC(=O)O)C2(C(F)(F)P)CC2)cc1. The third kappa shape index (κ3) is 4.00. The van der Waals surface area contributed by atoms with Gasteiger partial charge < -0.3 is 5.11 Å².